The first-order valence-corrected chi connectivity index (χ1v) is 9.24. The molecule has 0 aliphatic heterocycles. The van der Waals surface area contributed by atoms with Crippen LogP contribution in [0.5, 0.6) is 5.88 Å². The summed E-state index contributed by atoms with van der Waals surface area (Å²) in [5, 5.41) is 7.61. The number of hydrogen-bond donors (Lipinski definition) is 1. The Morgan fingerprint density at radius 3 is 2.63 bits per heavy atom. The quantitative estimate of drug-likeness (QED) is 0.717. The third kappa shape index (κ3) is 3.56. The number of ether oxygens (including phenoxy) is 1. The summed E-state index contributed by atoms with van der Waals surface area (Å²) in [6, 6.07) is 13.5. The van der Waals surface area contributed by atoms with Crippen LogP contribution >= 0.6 is 0 Å². The highest BCUT2D eigenvalue weighted by Crippen LogP contribution is 2.27. The Morgan fingerprint density at radius 2 is 1.89 bits per heavy atom. The number of methoxy groups -OCH3 is 1. The van der Waals surface area contributed by atoms with E-state index in [4.69, 9.17) is 9.84 Å². The molecule has 1 aromatic carbocycles. The van der Waals surface area contributed by atoms with Gasteiger partial charge in [-0.3, -0.25) is 4.79 Å². The van der Waals surface area contributed by atoms with Gasteiger partial charge >= 0.3 is 0 Å². The number of amides is 1. The lowest BCUT2D eigenvalue weighted by molar-refractivity contribution is 0.102. The van der Waals surface area contributed by atoms with Gasteiger partial charge in [0, 0.05) is 17.3 Å². The average molecular weight is 362 g/mol. The maximum atomic E-state index is 13.0. The molecule has 1 N–H and O–H groups in total. The standard InChI is InChI=1S/C21H22N4O2/c1-27-19-13-12-15(14-22-19)23-21(26)20-17-10-6-3-7-11-18(17)25(24-20)16-8-4-2-5-9-16/h2,4-5,8-9,12-14H,3,6-7,10-11H2,1H3,(H,23,26). The first-order valence-electron chi connectivity index (χ1n) is 9.24. The molecule has 3 aromatic rings. The highest BCUT2D eigenvalue weighted by atomic mass is 16.5. The van der Waals surface area contributed by atoms with Crippen LogP contribution in [0.1, 0.15) is 41.0 Å². The van der Waals surface area contributed by atoms with Crippen LogP contribution in [0, 0.1) is 0 Å². The molecule has 0 atom stereocenters. The molecule has 0 spiro atoms. The lowest BCUT2D eigenvalue weighted by Crippen LogP contribution is -2.15. The molecule has 6 nitrogen and oxygen atoms in total. The van der Waals surface area contributed by atoms with Gasteiger partial charge in [-0.25, -0.2) is 9.67 Å². The van der Waals surface area contributed by atoms with E-state index in [1.54, 1.807) is 25.4 Å². The Labute approximate surface area is 158 Å². The number of nitrogens with one attached hydrogen (secondary N) is 1. The predicted molar refractivity (Wildman–Crippen MR) is 104 cm³/mol. The lowest BCUT2D eigenvalue weighted by Gasteiger charge is -2.06. The molecule has 27 heavy (non-hydrogen) atoms. The Morgan fingerprint density at radius 1 is 1.07 bits per heavy atom. The normalized spacial score (nSPS) is 13.5. The molecule has 6 heteroatoms. The van der Waals surface area contributed by atoms with Crippen LogP contribution in [0.3, 0.4) is 0 Å². The summed E-state index contributed by atoms with van der Waals surface area (Å²) in [5.74, 6) is 0.310. The number of pyridine rings is 1. The van der Waals surface area contributed by atoms with Gasteiger partial charge < -0.3 is 10.1 Å². The molecule has 1 aliphatic rings. The molecule has 0 saturated heterocycles. The molecule has 4 rings (SSSR count). The Kier molecular flexibility index (Phi) is 4.87. The second-order valence-electron chi connectivity index (χ2n) is 6.63. The molecule has 2 heterocycles. The van der Waals surface area contributed by atoms with Gasteiger partial charge in [-0.15, -0.1) is 0 Å². The van der Waals surface area contributed by atoms with Crippen molar-refractivity contribution >= 4 is 11.6 Å². The van der Waals surface area contributed by atoms with Crippen molar-refractivity contribution in [3.63, 3.8) is 0 Å². The van der Waals surface area contributed by atoms with Crippen molar-refractivity contribution in [3.8, 4) is 11.6 Å². The summed E-state index contributed by atoms with van der Waals surface area (Å²) in [6.07, 6.45) is 6.78. The number of nitrogens with zero attached hydrogens (tertiary/aromatic N) is 3. The maximum Gasteiger partial charge on any atom is 0.276 e. The van der Waals surface area contributed by atoms with Crippen molar-refractivity contribution in [1.82, 2.24) is 14.8 Å². The first kappa shape index (κ1) is 17.3. The molecule has 0 radical (unpaired) electrons. The van der Waals surface area contributed by atoms with Crippen molar-refractivity contribution in [2.24, 2.45) is 0 Å². The smallest absolute Gasteiger partial charge is 0.276 e. The summed E-state index contributed by atoms with van der Waals surface area (Å²) in [5.41, 5.74) is 4.33. The summed E-state index contributed by atoms with van der Waals surface area (Å²) in [7, 11) is 1.56. The van der Waals surface area contributed by atoms with E-state index in [1.807, 2.05) is 35.0 Å². The van der Waals surface area contributed by atoms with Gasteiger partial charge in [0.2, 0.25) is 5.88 Å². The van der Waals surface area contributed by atoms with Crippen LogP contribution in [-0.4, -0.2) is 27.8 Å². The number of fused-ring (bicyclic) bond motifs is 1. The number of carbonyl (C=O) groups excluding carboxylic acids is 1. The summed E-state index contributed by atoms with van der Waals surface area (Å²) < 4.78 is 6.99. The Bertz CT molecular complexity index is 933. The molecule has 1 aliphatic carbocycles. The molecule has 0 unspecified atom stereocenters. The van der Waals surface area contributed by atoms with Gasteiger partial charge in [0.15, 0.2) is 5.69 Å². The predicted octanol–water partition coefficient (Wildman–Crippen LogP) is 3.80. The van der Waals surface area contributed by atoms with E-state index in [0.29, 0.717) is 17.3 Å². The molecule has 1 amide bonds. The van der Waals surface area contributed by atoms with Crippen LogP contribution in [0.4, 0.5) is 5.69 Å². The number of aromatic nitrogens is 3. The fraction of sp³-hybridized carbons (Fsp3) is 0.286. The SMILES string of the molecule is COc1ccc(NC(=O)c2nn(-c3ccccc3)c3c2CCCCC3)cn1. The Balaban J connectivity index is 1.69. The number of rotatable bonds is 4. The van der Waals surface area contributed by atoms with Crippen molar-refractivity contribution < 1.29 is 9.53 Å². The molecule has 2 aromatic heterocycles. The van der Waals surface area contributed by atoms with Crippen molar-refractivity contribution in [1.29, 1.82) is 0 Å². The summed E-state index contributed by atoms with van der Waals surface area (Å²) in [4.78, 5) is 17.1. The Hall–Kier alpha value is -3.15. The van der Waals surface area contributed by atoms with E-state index in [-0.39, 0.29) is 5.91 Å². The minimum atomic E-state index is -0.199. The highest BCUT2D eigenvalue weighted by molar-refractivity contribution is 6.04. The number of para-hydroxylation sites is 1. The molecule has 0 bridgehead atoms. The molecular formula is C21H22N4O2. The van der Waals surface area contributed by atoms with Crippen molar-refractivity contribution in [3.05, 3.63) is 65.6 Å². The van der Waals surface area contributed by atoms with Crippen LogP contribution in [0.15, 0.2) is 48.7 Å². The summed E-state index contributed by atoms with van der Waals surface area (Å²) in [6.45, 7) is 0. The second-order valence-corrected chi connectivity index (χ2v) is 6.63. The average Bonchev–Trinajstić information content (AvgIpc) is 2.90. The van der Waals surface area contributed by atoms with Gasteiger partial charge in [-0.2, -0.15) is 5.10 Å². The number of hydrogen-bond acceptors (Lipinski definition) is 4. The van der Waals surface area contributed by atoms with Crippen LogP contribution in [-0.2, 0) is 12.8 Å². The lowest BCUT2D eigenvalue weighted by atomic mass is 10.1. The van der Waals surface area contributed by atoms with E-state index in [2.05, 4.69) is 10.3 Å². The molecule has 0 saturated carbocycles. The van der Waals surface area contributed by atoms with Crippen LogP contribution < -0.4 is 10.1 Å². The minimum absolute atomic E-state index is 0.199. The van der Waals surface area contributed by atoms with Crippen LogP contribution in [0.25, 0.3) is 5.69 Å². The van der Waals surface area contributed by atoms with Crippen LogP contribution in [0.2, 0.25) is 0 Å². The molecular weight excluding hydrogens is 340 g/mol. The monoisotopic (exact) mass is 362 g/mol. The van der Waals surface area contributed by atoms with Gasteiger partial charge in [-0.05, 0) is 43.9 Å². The van der Waals surface area contributed by atoms with E-state index in [9.17, 15) is 4.79 Å². The molecule has 138 valence electrons. The number of benzene rings is 1. The van der Waals surface area contributed by atoms with Crippen molar-refractivity contribution in [2.45, 2.75) is 32.1 Å². The first-order chi connectivity index (χ1) is 13.3. The fourth-order valence-electron chi connectivity index (χ4n) is 3.51. The number of carbonyl (C=O) groups is 1. The third-order valence-electron chi connectivity index (χ3n) is 4.85. The van der Waals surface area contributed by atoms with E-state index in [0.717, 1.165) is 42.6 Å². The van der Waals surface area contributed by atoms with Crippen molar-refractivity contribution in [2.75, 3.05) is 12.4 Å². The third-order valence-corrected chi connectivity index (χ3v) is 4.85. The molecule has 0 fully saturated rings. The zero-order chi connectivity index (χ0) is 18.6. The van der Waals surface area contributed by atoms with E-state index in [1.165, 1.54) is 6.42 Å². The maximum absolute atomic E-state index is 13.0. The van der Waals surface area contributed by atoms with E-state index >= 15 is 0 Å². The second kappa shape index (κ2) is 7.61. The zero-order valence-corrected chi connectivity index (χ0v) is 15.3. The largest absolute Gasteiger partial charge is 0.481 e. The minimum Gasteiger partial charge on any atom is -0.481 e. The van der Waals surface area contributed by atoms with Gasteiger partial charge in [-0.1, -0.05) is 24.6 Å². The van der Waals surface area contributed by atoms with Gasteiger partial charge in [0.25, 0.3) is 5.91 Å². The van der Waals surface area contributed by atoms with E-state index < -0.39 is 0 Å². The highest BCUT2D eigenvalue weighted by Gasteiger charge is 2.24. The fourth-order valence-corrected chi connectivity index (χ4v) is 3.51. The zero-order valence-electron chi connectivity index (χ0n) is 15.3. The topological polar surface area (TPSA) is 69.0 Å². The summed E-state index contributed by atoms with van der Waals surface area (Å²) >= 11 is 0. The number of anilines is 1. The van der Waals surface area contributed by atoms with Gasteiger partial charge in [0.05, 0.1) is 24.7 Å². The van der Waals surface area contributed by atoms with Gasteiger partial charge in [0.1, 0.15) is 0 Å².